The summed E-state index contributed by atoms with van der Waals surface area (Å²) in [7, 11) is -4.37. The van der Waals surface area contributed by atoms with Gasteiger partial charge in [0.1, 0.15) is 0 Å². The van der Waals surface area contributed by atoms with Crippen LogP contribution in [0.1, 0.15) is 0 Å². The van der Waals surface area contributed by atoms with Crippen molar-refractivity contribution in [3.8, 4) is 0 Å². The minimum Gasteiger partial charge on any atom is -0.264 e. The smallest absolute Gasteiger partial charge is 0.264 e. The van der Waals surface area contributed by atoms with Crippen molar-refractivity contribution in [3.05, 3.63) is 0 Å². The van der Waals surface area contributed by atoms with Crippen LogP contribution >= 0.6 is 16.5 Å². The van der Waals surface area contributed by atoms with E-state index in [1.165, 1.54) is 7.05 Å². The maximum Gasteiger partial charge on any atom is 0.699 e. The average molecular weight is 203 g/mol. The molecule has 0 fully saturated rings. The van der Waals surface area contributed by atoms with E-state index in [-0.39, 0.29) is 0 Å². The van der Waals surface area contributed by atoms with Gasteiger partial charge in [-0.25, -0.2) is 0 Å². The molecule has 0 amide bonds. The highest BCUT2D eigenvalue weighted by atomic mass is 31.1. The molecule has 0 aromatic heterocycles. The molecule has 0 aliphatic carbocycles. The maximum atomic E-state index is 9.98. The Morgan fingerprint density at radius 1 is 1.27 bits per heavy atom. The van der Waals surface area contributed by atoms with Crippen LogP contribution in [0.5, 0.6) is 0 Å². The van der Waals surface area contributed by atoms with Crippen molar-refractivity contribution >= 4 is 16.5 Å². The van der Waals surface area contributed by atoms with Crippen LogP contribution in [0.2, 0.25) is 0 Å². The summed E-state index contributed by atoms with van der Waals surface area (Å²) in [6.45, 7) is 0. The lowest BCUT2D eigenvalue weighted by atomic mass is 11.1. The lowest BCUT2D eigenvalue weighted by Crippen LogP contribution is -2.26. The zero-order valence-electron chi connectivity index (χ0n) is 5.50. The Hall–Kier alpha value is -0.0000000000000000763. The van der Waals surface area contributed by atoms with Gasteiger partial charge in [-0.1, -0.05) is 9.05 Å². The van der Waals surface area contributed by atoms with Crippen LogP contribution in [-0.2, 0) is 18.2 Å². The zero-order chi connectivity index (χ0) is 8.85. The van der Waals surface area contributed by atoms with E-state index in [1.807, 2.05) is 0 Å². The standard InChI is InChI=1S/C2H5NO6P2/c1-3-2(8-10(4)5)9-11(6)7/h2-3H,1H3/p+2. The van der Waals surface area contributed by atoms with Crippen molar-refractivity contribution < 1.29 is 28.0 Å². The van der Waals surface area contributed by atoms with E-state index in [0.29, 0.717) is 0 Å². The van der Waals surface area contributed by atoms with Gasteiger partial charge < -0.3 is 0 Å². The summed E-state index contributed by atoms with van der Waals surface area (Å²) in [5.41, 5.74) is 0. The first-order valence-electron chi connectivity index (χ1n) is 2.39. The molecule has 0 aliphatic heterocycles. The fourth-order valence-corrected chi connectivity index (χ4v) is 0.981. The van der Waals surface area contributed by atoms with Crippen LogP contribution in [0.25, 0.3) is 0 Å². The highest BCUT2D eigenvalue weighted by Gasteiger charge is 2.30. The third-order valence-electron chi connectivity index (χ3n) is 0.608. The van der Waals surface area contributed by atoms with Crippen molar-refractivity contribution in [2.45, 2.75) is 6.41 Å². The minimum absolute atomic E-state index is 1.34. The van der Waals surface area contributed by atoms with E-state index in [2.05, 4.69) is 14.4 Å². The lowest BCUT2D eigenvalue weighted by molar-refractivity contribution is -0.0183. The molecule has 0 saturated heterocycles. The first-order valence-corrected chi connectivity index (χ1v) is 4.65. The molecule has 0 saturated carbocycles. The minimum atomic E-state index is -2.85. The summed E-state index contributed by atoms with van der Waals surface area (Å²) >= 11 is 0. The molecule has 64 valence electrons. The molecule has 0 bridgehead atoms. The topological polar surface area (TPSA) is 105 Å². The van der Waals surface area contributed by atoms with Crippen LogP contribution in [0.3, 0.4) is 0 Å². The molecule has 0 aliphatic rings. The van der Waals surface area contributed by atoms with Crippen molar-refractivity contribution in [1.82, 2.24) is 5.32 Å². The van der Waals surface area contributed by atoms with E-state index in [9.17, 15) is 9.13 Å². The fraction of sp³-hybridized carbons (Fsp3) is 1.00. The monoisotopic (exact) mass is 203 g/mol. The van der Waals surface area contributed by atoms with Gasteiger partial charge in [0, 0.05) is 9.13 Å². The summed E-state index contributed by atoms with van der Waals surface area (Å²) in [6.07, 6.45) is -1.35. The Labute approximate surface area is 64.2 Å². The molecule has 2 unspecified atom stereocenters. The summed E-state index contributed by atoms with van der Waals surface area (Å²) in [4.78, 5) is 16.3. The van der Waals surface area contributed by atoms with E-state index in [1.54, 1.807) is 0 Å². The third-order valence-corrected chi connectivity index (χ3v) is 1.35. The molecule has 0 heterocycles. The van der Waals surface area contributed by atoms with Crippen molar-refractivity contribution in [2.24, 2.45) is 0 Å². The Bertz CT molecular complexity index is 145. The van der Waals surface area contributed by atoms with Gasteiger partial charge in [0.2, 0.25) is 0 Å². The van der Waals surface area contributed by atoms with Crippen molar-refractivity contribution in [1.29, 1.82) is 0 Å². The molecule has 9 heteroatoms. The van der Waals surface area contributed by atoms with Crippen LogP contribution in [-0.4, -0.2) is 23.2 Å². The van der Waals surface area contributed by atoms with E-state index < -0.39 is 22.9 Å². The predicted molar refractivity (Wildman–Crippen MR) is 34.7 cm³/mol. The summed E-state index contributed by atoms with van der Waals surface area (Å²) in [5.74, 6) is 0. The van der Waals surface area contributed by atoms with Crippen molar-refractivity contribution in [3.63, 3.8) is 0 Å². The number of hydrogen-bond donors (Lipinski definition) is 3. The first-order chi connectivity index (χ1) is 5.06. The van der Waals surface area contributed by atoms with E-state index in [4.69, 9.17) is 9.79 Å². The third kappa shape index (κ3) is 6.40. The van der Waals surface area contributed by atoms with Gasteiger partial charge in [0.05, 0.1) is 0 Å². The Kier molecular flexibility index (Phi) is 5.62. The first kappa shape index (κ1) is 11.0. The molecule has 0 spiro atoms. The highest BCUT2D eigenvalue weighted by molar-refractivity contribution is 7.32. The molecule has 3 N–H and O–H groups in total. The molecule has 0 rings (SSSR count). The second-order valence-electron chi connectivity index (χ2n) is 1.31. The summed E-state index contributed by atoms with van der Waals surface area (Å²) < 4.78 is 28.2. The SMILES string of the molecule is CNC(O[P+](=O)O)O[P+](=O)O. The maximum absolute atomic E-state index is 9.98. The Morgan fingerprint density at radius 3 is 1.82 bits per heavy atom. The van der Waals surface area contributed by atoms with Crippen LogP contribution < -0.4 is 5.32 Å². The Morgan fingerprint density at radius 2 is 1.64 bits per heavy atom. The lowest BCUT2D eigenvalue weighted by Gasteiger charge is -1.97. The highest BCUT2D eigenvalue weighted by Crippen LogP contribution is 2.24. The number of hydrogen-bond acceptors (Lipinski definition) is 5. The summed E-state index contributed by atoms with van der Waals surface area (Å²) in [6, 6.07) is 0. The molecular formula is C2H7NO6P2+2. The second-order valence-corrected chi connectivity index (χ2v) is 2.68. The van der Waals surface area contributed by atoms with Gasteiger partial charge in [-0.3, -0.25) is 5.32 Å². The van der Waals surface area contributed by atoms with Gasteiger partial charge in [-0.05, 0) is 7.05 Å². The van der Waals surface area contributed by atoms with Gasteiger partial charge in [0.25, 0.3) is 0 Å². The molecule has 0 aromatic carbocycles. The van der Waals surface area contributed by atoms with Crippen molar-refractivity contribution in [2.75, 3.05) is 7.05 Å². The zero-order valence-corrected chi connectivity index (χ0v) is 7.29. The predicted octanol–water partition coefficient (Wildman–Crippen LogP) is -0.178. The van der Waals surface area contributed by atoms with Gasteiger partial charge in [0.15, 0.2) is 0 Å². The average Bonchev–Trinajstić information content (AvgIpc) is 1.84. The number of rotatable bonds is 5. The van der Waals surface area contributed by atoms with Gasteiger partial charge in [-0.15, -0.1) is 9.79 Å². The molecular weight excluding hydrogens is 196 g/mol. The van der Waals surface area contributed by atoms with E-state index in [0.717, 1.165) is 0 Å². The van der Waals surface area contributed by atoms with Gasteiger partial charge in [-0.2, -0.15) is 0 Å². The molecule has 7 nitrogen and oxygen atoms in total. The summed E-state index contributed by atoms with van der Waals surface area (Å²) in [5, 5.41) is 2.23. The molecule has 0 radical (unpaired) electrons. The van der Waals surface area contributed by atoms with Crippen LogP contribution in [0.4, 0.5) is 0 Å². The largest absolute Gasteiger partial charge is 0.699 e. The molecule has 0 aromatic rings. The fourth-order valence-electron chi connectivity index (χ4n) is 0.288. The quantitative estimate of drug-likeness (QED) is 0.420. The van der Waals surface area contributed by atoms with E-state index >= 15 is 0 Å². The normalized spacial score (nSPS) is 15.9. The second kappa shape index (κ2) is 5.62. The van der Waals surface area contributed by atoms with Crippen LogP contribution in [0, 0.1) is 0 Å². The Balaban J connectivity index is 3.76. The van der Waals surface area contributed by atoms with Gasteiger partial charge >= 0.3 is 22.9 Å². The number of nitrogens with one attached hydrogen (secondary N) is 1. The molecule has 2 atom stereocenters. The molecule has 11 heavy (non-hydrogen) atoms. The van der Waals surface area contributed by atoms with Crippen LogP contribution in [0.15, 0.2) is 0 Å².